The molecule has 0 spiro atoms. The fourth-order valence-electron chi connectivity index (χ4n) is 3.64. The highest BCUT2D eigenvalue weighted by atomic mass is 16.5. The predicted octanol–water partition coefficient (Wildman–Crippen LogP) is 3.17. The average molecular weight is 410 g/mol. The zero-order valence-corrected chi connectivity index (χ0v) is 17.7. The number of hydrogen-bond acceptors (Lipinski definition) is 4. The molecule has 160 valence electrons. The van der Waals surface area contributed by atoms with Gasteiger partial charge in [-0.25, -0.2) is 0 Å². The number of nitrogens with zero attached hydrogens (tertiary/aromatic N) is 2. The summed E-state index contributed by atoms with van der Waals surface area (Å²) in [5.74, 6) is 0.636. The Morgan fingerprint density at radius 1 is 0.933 bits per heavy atom. The lowest BCUT2D eigenvalue weighted by Crippen LogP contribution is -2.47. The van der Waals surface area contributed by atoms with E-state index in [2.05, 4.69) is 11.9 Å². The van der Waals surface area contributed by atoms with Crippen molar-refractivity contribution in [3.05, 3.63) is 54.1 Å². The molecule has 0 radical (unpaired) electrons. The molecule has 1 aliphatic heterocycles. The number of hydrogen-bond donors (Lipinski definition) is 1. The van der Waals surface area contributed by atoms with E-state index in [9.17, 15) is 9.59 Å². The summed E-state index contributed by atoms with van der Waals surface area (Å²) in [6.45, 7) is 4.25. The molecule has 1 fully saturated rings. The summed E-state index contributed by atoms with van der Waals surface area (Å²) in [6, 6.07) is 15.0. The standard InChI is InChI=1S/C24H31N3O3/c1-26-14-16-27(17-15-26)23(28)9-3-2-6-18-30-20-12-10-19(11-13-20)21-7-4-5-8-22(21)24(25)29/h4-5,7-8,10-13H,2-3,6,9,14-18H2,1H3,(H2,25,29). The molecule has 3 rings (SSSR count). The first-order valence-electron chi connectivity index (χ1n) is 10.6. The van der Waals surface area contributed by atoms with Gasteiger partial charge in [-0.05, 0) is 55.6 Å². The van der Waals surface area contributed by atoms with Gasteiger partial charge in [0, 0.05) is 38.2 Å². The second-order valence-electron chi connectivity index (χ2n) is 7.78. The third-order valence-electron chi connectivity index (χ3n) is 5.52. The highest BCUT2D eigenvalue weighted by Gasteiger charge is 2.18. The molecule has 2 aromatic rings. The second-order valence-corrected chi connectivity index (χ2v) is 7.78. The molecule has 30 heavy (non-hydrogen) atoms. The monoisotopic (exact) mass is 409 g/mol. The quantitative estimate of drug-likeness (QED) is 0.646. The number of unbranched alkanes of at least 4 members (excludes halogenated alkanes) is 2. The van der Waals surface area contributed by atoms with Crippen molar-refractivity contribution in [3.8, 4) is 16.9 Å². The van der Waals surface area contributed by atoms with E-state index in [1.165, 1.54) is 0 Å². The summed E-state index contributed by atoms with van der Waals surface area (Å²) in [4.78, 5) is 28.1. The Bertz CT molecular complexity index is 843. The van der Waals surface area contributed by atoms with Crippen molar-refractivity contribution >= 4 is 11.8 Å². The number of nitrogens with two attached hydrogens (primary N) is 1. The molecule has 0 atom stereocenters. The smallest absolute Gasteiger partial charge is 0.249 e. The lowest BCUT2D eigenvalue weighted by atomic mass is 9.99. The van der Waals surface area contributed by atoms with Crippen molar-refractivity contribution in [1.82, 2.24) is 9.80 Å². The van der Waals surface area contributed by atoms with Crippen LogP contribution in [0.5, 0.6) is 5.75 Å². The molecule has 0 aliphatic carbocycles. The first-order valence-corrected chi connectivity index (χ1v) is 10.6. The number of carbonyl (C=O) groups excluding carboxylic acids is 2. The maximum Gasteiger partial charge on any atom is 0.249 e. The van der Waals surface area contributed by atoms with E-state index in [0.717, 1.165) is 62.3 Å². The molecule has 0 bridgehead atoms. The SMILES string of the molecule is CN1CCN(C(=O)CCCCCOc2ccc(-c3ccccc3C(N)=O)cc2)CC1. The number of primary amides is 1. The third kappa shape index (κ3) is 6.07. The molecule has 1 heterocycles. The molecule has 1 saturated heterocycles. The average Bonchev–Trinajstić information content (AvgIpc) is 2.77. The molecule has 0 unspecified atom stereocenters. The Labute approximate surface area is 178 Å². The van der Waals surface area contributed by atoms with Crippen molar-refractivity contribution in [2.75, 3.05) is 39.8 Å². The zero-order chi connectivity index (χ0) is 21.3. The largest absolute Gasteiger partial charge is 0.494 e. The van der Waals surface area contributed by atoms with Gasteiger partial charge in [0.2, 0.25) is 11.8 Å². The summed E-state index contributed by atoms with van der Waals surface area (Å²) in [5, 5.41) is 0. The van der Waals surface area contributed by atoms with E-state index < -0.39 is 5.91 Å². The number of carbonyl (C=O) groups is 2. The third-order valence-corrected chi connectivity index (χ3v) is 5.52. The van der Waals surface area contributed by atoms with E-state index in [4.69, 9.17) is 10.5 Å². The van der Waals surface area contributed by atoms with Crippen molar-refractivity contribution < 1.29 is 14.3 Å². The second kappa shape index (κ2) is 10.8. The minimum absolute atomic E-state index is 0.274. The van der Waals surface area contributed by atoms with Crippen LogP contribution in [0.2, 0.25) is 0 Å². The van der Waals surface area contributed by atoms with Gasteiger partial charge in [0.1, 0.15) is 5.75 Å². The Hall–Kier alpha value is -2.86. The van der Waals surface area contributed by atoms with Crippen molar-refractivity contribution in [2.24, 2.45) is 5.73 Å². The Morgan fingerprint density at radius 3 is 2.33 bits per heavy atom. The molecule has 2 amide bonds. The summed E-state index contributed by atoms with van der Waals surface area (Å²) in [7, 11) is 2.09. The topological polar surface area (TPSA) is 75.9 Å². The fraction of sp³-hybridized carbons (Fsp3) is 0.417. The number of benzene rings is 2. The molecule has 2 aromatic carbocycles. The van der Waals surface area contributed by atoms with E-state index >= 15 is 0 Å². The first-order chi connectivity index (χ1) is 14.5. The molecule has 0 saturated carbocycles. The highest BCUT2D eigenvalue weighted by Crippen LogP contribution is 2.25. The van der Waals surface area contributed by atoms with E-state index in [0.29, 0.717) is 18.6 Å². The Morgan fingerprint density at radius 2 is 1.63 bits per heavy atom. The molecular formula is C24H31N3O3. The van der Waals surface area contributed by atoms with Gasteiger partial charge < -0.3 is 20.3 Å². The van der Waals surface area contributed by atoms with Gasteiger partial charge in [0.05, 0.1) is 6.61 Å². The molecule has 6 heteroatoms. The molecule has 6 nitrogen and oxygen atoms in total. The lowest BCUT2D eigenvalue weighted by molar-refractivity contribution is -0.132. The van der Waals surface area contributed by atoms with Crippen LogP contribution in [0.4, 0.5) is 0 Å². The van der Waals surface area contributed by atoms with Gasteiger partial charge in [0.25, 0.3) is 0 Å². The van der Waals surface area contributed by atoms with Gasteiger partial charge in [-0.15, -0.1) is 0 Å². The van der Waals surface area contributed by atoms with Crippen LogP contribution in [-0.4, -0.2) is 61.4 Å². The van der Waals surface area contributed by atoms with Gasteiger partial charge in [-0.2, -0.15) is 0 Å². The van der Waals surface area contributed by atoms with Gasteiger partial charge >= 0.3 is 0 Å². The summed E-state index contributed by atoms with van der Waals surface area (Å²) < 4.78 is 5.82. The molecule has 1 aliphatic rings. The number of likely N-dealkylation sites (N-methyl/N-ethyl adjacent to an activating group) is 1. The van der Waals surface area contributed by atoms with Crippen LogP contribution in [0.1, 0.15) is 36.0 Å². The number of piperazine rings is 1. The van der Waals surface area contributed by atoms with Crippen molar-refractivity contribution in [1.29, 1.82) is 0 Å². The normalized spacial score (nSPS) is 14.5. The van der Waals surface area contributed by atoms with Gasteiger partial charge in [-0.1, -0.05) is 30.3 Å². The molecule has 0 aromatic heterocycles. The minimum atomic E-state index is -0.433. The first kappa shape index (κ1) is 21.8. The minimum Gasteiger partial charge on any atom is -0.494 e. The van der Waals surface area contributed by atoms with Crippen molar-refractivity contribution in [3.63, 3.8) is 0 Å². The van der Waals surface area contributed by atoms with Crippen LogP contribution in [0, 0.1) is 0 Å². The zero-order valence-electron chi connectivity index (χ0n) is 17.7. The summed E-state index contributed by atoms with van der Waals surface area (Å²) >= 11 is 0. The Kier molecular flexibility index (Phi) is 7.85. The fourth-order valence-corrected chi connectivity index (χ4v) is 3.64. The number of ether oxygens (including phenoxy) is 1. The van der Waals surface area contributed by atoms with E-state index in [1.54, 1.807) is 12.1 Å². The maximum absolute atomic E-state index is 12.2. The number of rotatable bonds is 9. The van der Waals surface area contributed by atoms with Crippen LogP contribution in [0.15, 0.2) is 48.5 Å². The van der Waals surface area contributed by atoms with Gasteiger partial charge in [-0.3, -0.25) is 9.59 Å². The molecule has 2 N–H and O–H groups in total. The van der Waals surface area contributed by atoms with Crippen LogP contribution >= 0.6 is 0 Å². The van der Waals surface area contributed by atoms with Crippen LogP contribution < -0.4 is 10.5 Å². The highest BCUT2D eigenvalue weighted by molar-refractivity contribution is 5.99. The summed E-state index contributed by atoms with van der Waals surface area (Å²) in [5.41, 5.74) is 7.73. The lowest BCUT2D eigenvalue weighted by Gasteiger charge is -2.32. The van der Waals surface area contributed by atoms with Crippen LogP contribution in [-0.2, 0) is 4.79 Å². The molecular weight excluding hydrogens is 378 g/mol. The van der Waals surface area contributed by atoms with Crippen LogP contribution in [0.25, 0.3) is 11.1 Å². The van der Waals surface area contributed by atoms with E-state index in [1.807, 2.05) is 41.3 Å². The van der Waals surface area contributed by atoms with E-state index in [-0.39, 0.29) is 5.91 Å². The Balaban J connectivity index is 1.37. The van der Waals surface area contributed by atoms with Crippen molar-refractivity contribution in [2.45, 2.75) is 25.7 Å². The number of amides is 2. The van der Waals surface area contributed by atoms with Crippen LogP contribution in [0.3, 0.4) is 0 Å². The maximum atomic E-state index is 12.2. The van der Waals surface area contributed by atoms with Gasteiger partial charge in [0.15, 0.2) is 0 Å². The predicted molar refractivity (Wildman–Crippen MR) is 118 cm³/mol. The summed E-state index contributed by atoms with van der Waals surface area (Å²) in [6.07, 6.45) is 3.42.